The van der Waals surface area contributed by atoms with E-state index < -0.39 is 0 Å². The second-order valence-corrected chi connectivity index (χ2v) is 7.32. The van der Waals surface area contributed by atoms with E-state index in [1.807, 2.05) is 74.0 Å². The molecule has 0 aliphatic carbocycles. The fourth-order valence-corrected chi connectivity index (χ4v) is 2.81. The van der Waals surface area contributed by atoms with Crippen molar-refractivity contribution >= 4 is 35.7 Å². The molecule has 1 unspecified atom stereocenters. The summed E-state index contributed by atoms with van der Waals surface area (Å²) in [5.74, 6) is 0. The van der Waals surface area contributed by atoms with Crippen molar-refractivity contribution in [2.75, 3.05) is 22.9 Å². The smallest absolute Gasteiger partial charge is 0.0855 e. The van der Waals surface area contributed by atoms with Gasteiger partial charge in [-0.3, -0.25) is 4.99 Å². The Morgan fingerprint density at radius 3 is 2.55 bits per heavy atom. The molecule has 0 saturated carbocycles. The average molecular weight is 447 g/mol. The molecule has 2 aromatic rings. The van der Waals surface area contributed by atoms with E-state index in [9.17, 15) is 0 Å². The Hall–Kier alpha value is -3.80. The van der Waals surface area contributed by atoms with Crippen LogP contribution in [0.2, 0.25) is 0 Å². The predicted octanol–water partition coefficient (Wildman–Crippen LogP) is 6.09. The second kappa shape index (κ2) is 16.8. The Bertz CT molecular complexity index is 929. The first kappa shape index (κ1) is 27.2. The average Bonchev–Trinajstić information content (AvgIpc) is 2.80. The lowest BCUT2D eigenvalue weighted by Gasteiger charge is -2.15. The van der Waals surface area contributed by atoms with Crippen LogP contribution in [0.5, 0.6) is 0 Å². The van der Waals surface area contributed by atoms with Gasteiger partial charge < -0.3 is 22.1 Å². The number of hydrogen-bond donors (Lipinski definition) is 4. The van der Waals surface area contributed by atoms with Crippen molar-refractivity contribution in [3.05, 3.63) is 84.7 Å². The number of hydrogen-bond acceptors (Lipinski definition) is 5. The largest absolute Gasteiger partial charge is 0.399 e. The zero-order chi connectivity index (χ0) is 24.3. The van der Waals surface area contributed by atoms with Gasteiger partial charge in [-0.1, -0.05) is 44.2 Å². The number of unbranched alkanes of at least 4 members (excludes halogenated alkanes) is 1. The van der Waals surface area contributed by atoms with E-state index in [-0.39, 0.29) is 6.04 Å². The summed E-state index contributed by atoms with van der Waals surface area (Å²) in [6.07, 6.45) is 13.1. The maximum Gasteiger partial charge on any atom is 0.0855 e. The topological polar surface area (TPSA) is 101 Å². The zero-order valence-corrected chi connectivity index (χ0v) is 20.0. The molecule has 0 spiro atoms. The second-order valence-electron chi connectivity index (χ2n) is 7.32. The van der Waals surface area contributed by atoms with Crippen LogP contribution in [-0.2, 0) is 0 Å². The van der Waals surface area contributed by atoms with Crippen molar-refractivity contribution < 1.29 is 0 Å². The Balaban J connectivity index is 0.000000657. The maximum absolute atomic E-state index is 5.36. The standard InChI is InChI=1S/C21H31N5.C6H7N/c1-5-7-11-23-12-8-13-24-21-10-9-20(15-19(21)6-2)26-18(4)14-17(3)25-16-22;7-6-4-2-1-3-5-6/h6,8-12,14-16,18,24,26H,2,5,7,13H2,1,3-4H3,(H2,22,25);1-5H,7H2/b12-8-,17-14-,23-11?;. The third-order valence-corrected chi connectivity index (χ3v) is 4.36. The molecule has 0 fully saturated rings. The van der Waals surface area contributed by atoms with Crippen LogP contribution in [0, 0.1) is 0 Å². The number of para-hydroxylation sites is 1. The number of nitrogens with one attached hydrogen (secondary N) is 2. The lowest BCUT2D eigenvalue weighted by Crippen LogP contribution is -2.13. The van der Waals surface area contributed by atoms with Gasteiger partial charge in [0.05, 0.1) is 6.34 Å². The van der Waals surface area contributed by atoms with Gasteiger partial charge in [0.15, 0.2) is 0 Å². The molecule has 176 valence electrons. The normalized spacial score (nSPS) is 12.5. The fourth-order valence-electron chi connectivity index (χ4n) is 2.81. The van der Waals surface area contributed by atoms with Gasteiger partial charge in [-0.2, -0.15) is 0 Å². The van der Waals surface area contributed by atoms with Crippen LogP contribution in [0.3, 0.4) is 0 Å². The molecule has 33 heavy (non-hydrogen) atoms. The molecule has 0 aliphatic rings. The lowest BCUT2D eigenvalue weighted by atomic mass is 10.1. The molecule has 2 rings (SSSR count). The molecule has 6 heteroatoms. The minimum atomic E-state index is 0.138. The van der Waals surface area contributed by atoms with Crippen molar-refractivity contribution in [1.82, 2.24) is 0 Å². The number of anilines is 3. The number of rotatable bonds is 11. The summed E-state index contributed by atoms with van der Waals surface area (Å²) in [5, 5.41) is 6.81. The highest BCUT2D eigenvalue weighted by Crippen LogP contribution is 2.22. The highest BCUT2D eigenvalue weighted by atomic mass is 14.9. The minimum absolute atomic E-state index is 0.138. The van der Waals surface area contributed by atoms with Crippen molar-refractivity contribution in [2.45, 2.75) is 39.7 Å². The monoisotopic (exact) mass is 446 g/mol. The van der Waals surface area contributed by atoms with Crippen molar-refractivity contribution in [2.24, 2.45) is 15.7 Å². The summed E-state index contributed by atoms with van der Waals surface area (Å²) in [4.78, 5) is 8.27. The van der Waals surface area contributed by atoms with Gasteiger partial charge in [0.25, 0.3) is 0 Å². The van der Waals surface area contributed by atoms with E-state index in [4.69, 9.17) is 11.5 Å². The molecule has 0 aromatic heterocycles. The van der Waals surface area contributed by atoms with Gasteiger partial charge in [-0.25, -0.2) is 4.99 Å². The van der Waals surface area contributed by atoms with Crippen LogP contribution in [0.1, 0.15) is 39.2 Å². The van der Waals surface area contributed by atoms with Crippen LogP contribution < -0.4 is 22.1 Å². The van der Waals surface area contributed by atoms with Crippen LogP contribution >= 0.6 is 0 Å². The van der Waals surface area contributed by atoms with Gasteiger partial charge in [0.2, 0.25) is 0 Å². The number of nitrogens with two attached hydrogens (primary N) is 2. The zero-order valence-electron chi connectivity index (χ0n) is 20.0. The highest BCUT2D eigenvalue weighted by molar-refractivity contribution is 5.70. The van der Waals surface area contributed by atoms with Crippen LogP contribution in [0.25, 0.3) is 6.08 Å². The third kappa shape index (κ3) is 12.6. The first-order valence-corrected chi connectivity index (χ1v) is 11.2. The van der Waals surface area contributed by atoms with Crippen LogP contribution in [0.4, 0.5) is 17.1 Å². The van der Waals surface area contributed by atoms with Crippen LogP contribution in [-0.4, -0.2) is 25.1 Å². The number of nitrogen functional groups attached to an aromatic ring is 1. The van der Waals surface area contributed by atoms with Gasteiger partial charge in [-0.15, -0.1) is 0 Å². The number of allylic oxidation sites excluding steroid dienone is 1. The molecule has 0 radical (unpaired) electrons. The van der Waals surface area contributed by atoms with Gasteiger partial charge in [-0.05, 0) is 68.3 Å². The number of aliphatic imine (C=N–C) groups is 2. The molecule has 6 nitrogen and oxygen atoms in total. The van der Waals surface area contributed by atoms with E-state index in [0.29, 0.717) is 6.54 Å². The van der Waals surface area contributed by atoms with E-state index >= 15 is 0 Å². The Labute approximate surface area is 198 Å². The first-order valence-electron chi connectivity index (χ1n) is 11.2. The van der Waals surface area contributed by atoms with Gasteiger partial charge in [0, 0.05) is 47.8 Å². The molecular formula is C27H38N6. The molecule has 1 atom stereocenters. The van der Waals surface area contributed by atoms with E-state index in [1.165, 1.54) is 6.34 Å². The summed E-state index contributed by atoms with van der Waals surface area (Å²) in [5.41, 5.74) is 15.5. The summed E-state index contributed by atoms with van der Waals surface area (Å²) >= 11 is 0. The molecule has 0 saturated heterocycles. The molecule has 6 N–H and O–H groups in total. The molecule has 0 heterocycles. The van der Waals surface area contributed by atoms with Crippen molar-refractivity contribution in [3.8, 4) is 0 Å². The predicted molar refractivity (Wildman–Crippen MR) is 148 cm³/mol. The van der Waals surface area contributed by atoms with E-state index in [1.54, 1.807) is 0 Å². The first-order chi connectivity index (χ1) is 16.0. The van der Waals surface area contributed by atoms with Gasteiger partial charge in [0.1, 0.15) is 0 Å². The summed E-state index contributed by atoms with van der Waals surface area (Å²) in [7, 11) is 0. The summed E-state index contributed by atoms with van der Waals surface area (Å²) in [6, 6.07) is 15.8. The van der Waals surface area contributed by atoms with Gasteiger partial charge >= 0.3 is 0 Å². The highest BCUT2D eigenvalue weighted by Gasteiger charge is 2.03. The minimum Gasteiger partial charge on any atom is -0.399 e. The Kier molecular flexibility index (Phi) is 13.9. The maximum atomic E-state index is 5.36. The lowest BCUT2D eigenvalue weighted by molar-refractivity contribution is 0.977. The van der Waals surface area contributed by atoms with Crippen molar-refractivity contribution in [1.29, 1.82) is 0 Å². The quantitative estimate of drug-likeness (QED) is 0.191. The molecule has 0 aliphatic heterocycles. The van der Waals surface area contributed by atoms with E-state index in [0.717, 1.165) is 41.2 Å². The summed E-state index contributed by atoms with van der Waals surface area (Å²) < 4.78 is 0. The van der Waals surface area contributed by atoms with Crippen LogP contribution in [0.15, 0.2) is 89.1 Å². The number of benzene rings is 2. The number of nitrogens with zero attached hydrogens (tertiary/aromatic N) is 2. The Morgan fingerprint density at radius 1 is 1.18 bits per heavy atom. The molecular weight excluding hydrogens is 408 g/mol. The summed E-state index contributed by atoms with van der Waals surface area (Å²) in [6.45, 7) is 10.7. The molecule has 0 bridgehead atoms. The molecule has 2 aromatic carbocycles. The van der Waals surface area contributed by atoms with E-state index in [2.05, 4.69) is 53.2 Å². The van der Waals surface area contributed by atoms with Crippen molar-refractivity contribution in [3.63, 3.8) is 0 Å². The Morgan fingerprint density at radius 2 is 1.94 bits per heavy atom. The third-order valence-electron chi connectivity index (χ3n) is 4.36. The SMILES string of the molecule is C=Cc1cc(NC(C)/C=C(/C)N=CN)ccc1NC/C=C\N=CCCC.Nc1ccccc1. The molecule has 0 amide bonds. The fraction of sp³-hybridized carbons (Fsp3) is 0.259.